The van der Waals surface area contributed by atoms with Gasteiger partial charge in [0.25, 0.3) is 0 Å². The van der Waals surface area contributed by atoms with Crippen molar-refractivity contribution in [1.82, 2.24) is 10.6 Å². The highest BCUT2D eigenvalue weighted by atomic mass is 16.5. The fraction of sp³-hybridized carbons (Fsp3) is 0.526. The number of hydrogen-bond donors (Lipinski definition) is 3. The third-order valence-electron chi connectivity index (χ3n) is 3.78. The highest BCUT2D eigenvalue weighted by Crippen LogP contribution is 2.04. The largest absolute Gasteiger partial charge is 0.467 e. The molecule has 0 aliphatic rings. The summed E-state index contributed by atoms with van der Waals surface area (Å²) < 4.78 is 9.68. The van der Waals surface area contributed by atoms with Gasteiger partial charge in [-0.1, -0.05) is 50.1 Å². The van der Waals surface area contributed by atoms with E-state index in [1.807, 2.05) is 37.3 Å². The smallest absolute Gasteiger partial charge is 0.407 e. The van der Waals surface area contributed by atoms with Gasteiger partial charge in [-0.25, -0.2) is 9.59 Å². The third-order valence-corrected chi connectivity index (χ3v) is 3.78. The maximum Gasteiger partial charge on any atom is 0.407 e. The SMILES string of the molecule is CCCC[C@@H](NC(=O)C[C@@H](O)CNC(=O)OCc1ccccc1)C(=O)OC. The minimum absolute atomic E-state index is 0.113. The first-order chi connectivity index (χ1) is 13.0. The predicted molar refractivity (Wildman–Crippen MR) is 98.7 cm³/mol. The molecule has 27 heavy (non-hydrogen) atoms. The molecule has 0 bridgehead atoms. The van der Waals surface area contributed by atoms with Crippen LogP contribution in [0.15, 0.2) is 30.3 Å². The zero-order valence-electron chi connectivity index (χ0n) is 15.8. The fourth-order valence-electron chi connectivity index (χ4n) is 2.31. The predicted octanol–water partition coefficient (Wildman–Crippen LogP) is 1.51. The van der Waals surface area contributed by atoms with E-state index >= 15 is 0 Å². The summed E-state index contributed by atoms with van der Waals surface area (Å²) in [4.78, 5) is 35.3. The zero-order chi connectivity index (χ0) is 20.1. The van der Waals surface area contributed by atoms with Gasteiger partial charge in [0.2, 0.25) is 5.91 Å². The molecule has 1 aromatic rings. The zero-order valence-corrected chi connectivity index (χ0v) is 15.8. The van der Waals surface area contributed by atoms with Crippen molar-refractivity contribution in [2.45, 2.75) is 51.4 Å². The van der Waals surface area contributed by atoms with E-state index < -0.39 is 30.1 Å². The molecule has 2 atom stereocenters. The number of aliphatic hydroxyl groups excluding tert-OH is 1. The molecule has 1 aromatic carbocycles. The second kappa shape index (κ2) is 12.7. The van der Waals surface area contributed by atoms with Crippen molar-refractivity contribution >= 4 is 18.0 Å². The van der Waals surface area contributed by atoms with Crippen LogP contribution >= 0.6 is 0 Å². The van der Waals surface area contributed by atoms with E-state index in [9.17, 15) is 19.5 Å². The molecular formula is C19H28N2O6. The van der Waals surface area contributed by atoms with Crippen molar-refractivity contribution in [2.24, 2.45) is 0 Å². The molecule has 0 aliphatic carbocycles. The lowest BCUT2D eigenvalue weighted by atomic mass is 10.1. The number of alkyl carbamates (subject to hydrolysis) is 1. The highest BCUT2D eigenvalue weighted by molar-refractivity contribution is 5.84. The van der Waals surface area contributed by atoms with Crippen LogP contribution in [-0.2, 0) is 25.7 Å². The number of ether oxygens (including phenoxy) is 2. The van der Waals surface area contributed by atoms with E-state index in [2.05, 4.69) is 15.4 Å². The Balaban J connectivity index is 2.30. The Kier molecular flexibility index (Phi) is 10.5. The summed E-state index contributed by atoms with van der Waals surface area (Å²) in [5.41, 5.74) is 0.841. The van der Waals surface area contributed by atoms with Gasteiger partial charge in [-0.15, -0.1) is 0 Å². The molecule has 0 aliphatic heterocycles. The van der Waals surface area contributed by atoms with E-state index in [0.29, 0.717) is 6.42 Å². The van der Waals surface area contributed by atoms with E-state index in [-0.39, 0.29) is 19.6 Å². The molecule has 0 heterocycles. The van der Waals surface area contributed by atoms with E-state index in [1.54, 1.807) is 0 Å². The molecule has 2 amide bonds. The summed E-state index contributed by atoms with van der Waals surface area (Å²) >= 11 is 0. The van der Waals surface area contributed by atoms with Gasteiger partial charge >= 0.3 is 12.1 Å². The Hall–Kier alpha value is -2.61. The Morgan fingerprint density at radius 1 is 1.19 bits per heavy atom. The van der Waals surface area contributed by atoms with E-state index in [1.165, 1.54) is 7.11 Å². The number of unbranched alkanes of at least 4 members (excludes halogenated alkanes) is 1. The Morgan fingerprint density at radius 3 is 2.52 bits per heavy atom. The van der Waals surface area contributed by atoms with Gasteiger partial charge in [-0.3, -0.25) is 4.79 Å². The van der Waals surface area contributed by atoms with Gasteiger partial charge in [-0.2, -0.15) is 0 Å². The average molecular weight is 380 g/mol. The fourth-order valence-corrected chi connectivity index (χ4v) is 2.31. The lowest BCUT2D eigenvalue weighted by Crippen LogP contribution is -2.43. The molecule has 0 radical (unpaired) electrons. The van der Waals surface area contributed by atoms with Gasteiger partial charge in [0.05, 0.1) is 19.6 Å². The first-order valence-corrected chi connectivity index (χ1v) is 8.96. The first-order valence-electron chi connectivity index (χ1n) is 8.96. The van der Waals surface area contributed by atoms with Crippen LogP contribution in [-0.4, -0.2) is 48.9 Å². The average Bonchev–Trinajstić information content (AvgIpc) is 2.68. The van der Waals surface area contributed by atoms with Crippen LogP contribution in [0.25, 0.3) is 0 Å². The number of esters is 1. The number of rotatable bonds is 11. The number of nitrogens with one attached hydrogen (secondary N) is 2. The van der Waals surface area contributed by atoms with Crippen LogP contribution in [0.3, 0.4) is 0 Å². The minimum atomic E-state index is -1.10. The maximum atomic E-state index is 12.0. The van der Waals surface area contributed by atoms with Crippen LogP contribution in [0.2, 0.25) is 0 Å². The molecule has 0 saturated carbocycles. The molecule has 0 saturated heterocycles. The second-order valence-electron chi connectivity index (χ2n) is 6.09. The summed E-state index contributed by atoms with van der Waals surface area (Å²) in [6.45, 7) is 1.95. The number of methoxy groups -OCH3 is 1. The van der Waals surface area contributed by atoms with Gasteiger partial charge in [-0.05, 0) is 12.0 Å². The van der Waals surface area contributed by atoms with Crippen molar-refractivity contribution in [3.63, 3.8) is 0 Å². The number of hydrogen-bond acceptors (Lipinski definition) is 6. The molecule has 1 rings (SSSR count). The van der Waals surface area contributed by atoms with Crippen LogP contribution in [0, 0.1) is 0 Å². The summed E-state index contributed by atoms with van der Waals surface area (Å²) in [5.74, 6) is -1.01. The Bertz CT molecular complexity index is 593. The number of benzene rings is 1. The number of carbonyl (C=O) groups is 3. The van der Waals surface area contributed by atoms with Crippen molar-refractivity contribution in [3.05, 3.63) is 35.9 Å². The van der Waals surface area contributed by atoms with Gasteiger partial charge < -0.3 is 25.2 Å². The summed E-state index contributed by atoms with van der Waals surface area (Å²) in [6.07, 6.45) is 0.0685. The number of amides is 2. The Labute approximate surface area is 159 Å². The number of aliphatic hydroxyl groups is 1. The molecule has 8 heteroatoms. The molecular weight excluding hydrogens is 352 g/mol. The Morgan fingerprint density at radius 2 is 1.89 bits per heavy atom. The van der Waals surface area contributed by atoms with Crippen LogP contribution < -0.4 is 10.6 Å². The second-order valence-corrected chi connectivity index (χ2v) is 6.09. The van der Waals surface area contributed by atoms with E-state index in [0.717, 1.165) is 18.4 Å². The lowest BCUT2D eigenvalue weighted by molar-refractivity contribution is -0.145. The monoisotopic (exact) mass is 380 g/mol. The highest BCUT2D eigenvalue weighted by Gasteiger charge is 2.22. The summed E-state index contributed by atoms with van der Waals surface area (Å²) in [7, 11) is 1.26. The third kappa shape index (κ3) is 9.60. The molecule has 8 nitrogen and oxygen atoms in total. The van der Waals surface area contributed by atoms with Crippen LogP contribution in [0.4, 0.5) is 4.79 Å². The van der Waals surface area contributed by atoms with Crippen molar-refractivity contribution in [2.75, 3.05) is 13.7 Å². The van der Waals surface area contributed by atoms with E-state index in [4.69, 9.17) is 4.74 Å². The molecule has 0 unspecified atom stereocenters. The van der Waals surface area contributed by atoms with Crippen molar-refractivity contribution < 1.29 is 29.0 Å². The molecule has 0 aromatic heterocycles. The van der Waals surface area contributed by atoms with Crippen LogP contribution in [0.1, 0.15) is 38.2 Å². The number of carbonyl (C=O) groups excluding carboxylic acids is 3. The topological polar surface area (TPSA) is 114 Å². The summed E-state index contributed by atoms with van der Waals surface area (Å²) in [5, 5.41) is 14.8. The quantitative estimate of drug-likeness (QED) is 0.502. The molecule has 0 fully saturated rings. The molecule has 150 valence electrons. The maximum absolute atomic E-state index is 12.0. The van der Waals surface area contributed by atoms with Crippen molar-refractivity contribution in [1.29, 1.82) is 0 Å². The van der Waals surface area contributed by atoms with Gasteiger partial charge in [0.1, 0.15) is 12.6 Å². The normalized spacial score (nSPS) is 12.6. The lowest BCUT2D eigenvalue weighted by Gasteiger charge is -2.17. The minimum Gasteiger partial charge on any atom is -0.467 e. The molecule has 0 spiro atoms. The van der Waals surface area contributed by atoms with Crippen molar-refractivity contribution in [3.8, 4) is 0 Å². The summed E-state index contributed by atoms with van der Waals surface area (Å²) in [6, 6.07) is 8.43. The standard InChI is InChI=1S/C19H28N2O6/c1-3-4-10-16(18(24)26-2)21-17(23)11-15(22)12-20-19(25)27-13-14-8-6-5-7-9-14/h5-9,15-16,22H,3-4,10-13H2,1-2H3,(H,20,25)(H,21,23)/t15-,16-/m1/s1. The molecule has 3 N–H and O–H groups in total. The first kappa shape index (κ1) is 22.4. The van der Waals surface area contributed by atoms with Gasteiger partial charge in [0.15, 0.2) is 0 Å². The van der Waals surface area contributed by atoms with Gasteiger partial charge in [0, 0.05) is 6.54 Å². The van der Waals surface area contributed by atoms with Crippen LogP contribution in [0.5, 0.6) is 0 Å².